The number of halogens is 1. The van der Waals surface area contributed by atoms with E-state index in [0.717, 1.165) is 23.0 Å². The summed E-state index contributed by atoms with van der Waals surface area (Å²) in [6, 6.07) is 7.15. The van der Waals surface area contributed by atoms with Crippen LogP contribution in [0, 0.1) is 12.8 Å². The van der Waals surface area contributed by atoms with Gasteiger partial charge in [0.2, 0.25) is 0 Å². The summed E-state index contributed by atoms with van der Waals surface area (Å²) in [7, 11) is 2.08. The lowest BCUT2D eigenvalue weighted by Crippen LogP contribution is -2.33. The van der Waals surface area contributed by atoms with Crippen molar-refractivity contribution in [3.8, 4) is 0 Å². The Balaban J connectivity index is 1.87. The zero-order valence-corrected chi connectivity index (χ0v) is 12.9. The van der Waals surface area contributed by atoms with E-state index in [0.29, 0.717) is 0 Å². The average molecular weight is 311 g/mol. The van der Waals surface area contributed by atoms with Crippen LogP contribution < -0.4 is 10.6 Å². The third-order valence-electron chi connectivity index (χ3n) is 3.96. The van der Waals surface area contributed by atoms with Gasteiger partial charge in [-0.1, -0.05) is 22.4 Å². The molecule has 0 saturated heterocycles. The summed E-state index contributed by atoms with van der Waals surface area (Å²) >= 11 is 3.51. The highest BCUT2D eigenvalue weighted by Gasteiger charge is 2.20. The Labute approximate surface area is 119 Å². The Hall–Kier alpha value is -0.540. The van der Waals surface area contributed by atoms with E-state index in [-0.39, 0.29) is 0 Å². The molecule has 0 amide bonds. The van der Waals surface area contributed by atoms with Crippen molar-refractivity contribution in [2.75, 3.05) is 18.9 Å². The van der Waals surface area contributed by atoms with Crippen molar-refractivity contribution in [2.24, 2.45) is 5.92 Å². The van der Waals surface area contributed by atoms with E-state index in [9.17, 15) is 0 Å². The first-order valence-corrected chi connectivity index (χ1v) is 7.65. The van der Waals surface area contributed by atoms with E-state index in [4.69, 9.17) is 0 Å². The molecule has 0 radical (unpaired) electrons. The second-order valence-corrected chi connectivity index (χ2v) is 6.27. The van der Waals surface area contributed by atoms with Crippen LogP contribution in [0.15, 0.2) is 22.7 Å². The number of rotatable bonds is 4. The molecule has 0 aliphatic heterocycles. The molecule has 0 heterocycles. The van der Waals surface area contributed by atoms with Gasteiger partial charge >= 0.3 is 0 Å². The SMILES string of the molecule is CNC1CCCC(CNc2ccc(Br)cc2C)C1. The molecule has 1 fully saturated rings. The molecule has 0 bridgehead atoms. The minimum absolute atomic E-state index is 0.719. The molecule has 2 rings (SSSR count). The summed E-state index contributed by atoms with van der Waals surface area (Å²) < 4.78 is 1.15. The van der Waals surface area contributed by atoms with Gasteiger partial charge in [0.25, 0.3) is 0 Å². The van der Waals surface area contributed by atoms with Gasteiger partial charge in [-0.2, -0.15) is 0 Å². The van der Waals surface area contributed by atoms with Crippen molar-refractivity contribution in [3.63, 3.8) is 0 Å². The molecular weight excluding hydrogens is 288 g/mol. The minimum Gasteiger partial charge on any atom is -0.385 e. The van der Waals surface area contributed by atoms with Crippen molar-refractivity contribution >= 4 is 21.6 Å². The van der Waals surface area contributed by atoms with E-state index in [1.165, 1.54) is 36.9 Å². The average Bonchev–Trinajstić information content (AvgIpc) is 2.38. The van der Waals surface area contributed by atoms with Crippen LogP contribution in [-0.2, 0) is 0 Å². The molecule has 1 aliphatic rings. The molecule has 2 unspecified atom stereocenters. The van der Waals surface area contributed by atoms with Crippen molar-refractivity contribution in [1.29, 1.82) is 0 Å². The lowest BCUT2D eigenvalue weighted by Gasteiger charge is -2.29. The summed E-state index contributed by atoms with van der Waals surface area (Å²) in [5, 5.41) is 7.02. The maximum absolute atomic E-state index is 3.61. The molecule has 0 spiro atoms. The number of benzene rings is 1. The Morgan fingerprint density at radius 3 is 2.89 bits per heavy atom. The highest BCUT2D eigenvalue weighted by Crippen LogP contribution is 2.26. The lowest BCUT2D eigenvalue weighted by atomic mass is 9.85. The van der Waals surface area contributed by atoms with Gasteiger partial charge in [-0.3, -0.25) is 0 Å². The molecule has 100 valence electrons. The second kappa shape index (κ2) is 6.58. The van der Waals surface area contributed by atoms with Crippen LogP contribution in [0.5, 0.6) is 0 Å². The topological polar surface area (TPSA) is 24.1 Å². The minimum atomic E-state index is 0.719. The van der Waals surface area contributed by atoms with Gasteiger partial charge in [-0.05, 0) is 62.9 Å². The van der Waals surface area contributed by atoms with Gasteiger partial charge in [-0.25, -0.2) is 0 Å². The zero-order chi connectivity index (χ0) is 13.0. The van der Waals surface area contributed by atoms with Crippen LogP contribution in [0.2, 0.25) is 0 Å². The van der Waals surface area contributed by atoms with Crippen LogP contribution >= 0.6 is 15.9 Å². The van der Waals surface area contributed by atoms with E-state index < -0.39 is 0 Å². The van der Waals surface area contributed by atoms with Gasteiger partial charge in [0.1, 0.15) is 0 Å². The Kier molecular flexibility index (Phi) is 5.07. The molecule has 1 saturated carbocycles. The second-order valence-electron chi connectivity index (χ2n) is 5.36. The Morgan fingerprint density at radius 1 is 1.33 bits per heavy atom. The first-order valence-electron chi connectivity index (χ1n) is 6.86. The highest BCUT2D eigenvalue weighted by atomic mass is 79.9. The van der Waals surface area contributed by atoms with Crippen molar-refractivity contribution in [1.82, 2.24) is 5.32 Å². The largest absolute Gasteiger partial charge is 0.385 e. The van der Waals surface area contributed by atoms with E-state index in [1.54, 1.807) is 0 Å². The lowest BCUT2D eigenvalue weighted by molar-refractivity contribution is 0.306. The van der Waals surface area contributed by atoms with Gasteiger partial charge in [-0.15, -0.1) is 0 Å². The van der Waals surface area contributed by atoms with E-state index in [1.807, 2.05) is 0 Å². The summed E-state index contributed by atoms with van der Waals surface area (Å²) in [6.07, 6.45) is 5.36. The molecule has 18 heavy (non-hydrogen) atoms. The molecule has 3 heteroatoms. The third kappa shape index (κ3) is 3.72. The normalized spacial score (nSPS) is 23.9. The zero-order valence-electron chi connectivity index (χ0n) is 11.3. The van der Waals surface area contributed by atoms with E-state index >= 15 is 0 Å². The van der Waals surface area contributed by atoms with Crippen LogP contribution in [0.1, 0.15) is 31.2 Å². The monoisotopic (exact) mass is 310 g/mol. The van der Waals surface area contributed by atoms with Gasteiger partial charge < -0.3 is 10.6 Å². The van der Waals surface area contributed by atoms with Crippen molar-refractivity contribution in [2.45, 2.75) is 38.6 Å². The highest BCUT2D eigenvalue weighted by molar-refractivity contribution is 9.10. The molecule has 2 atom stereocenters. The molecule has 1 aliphatic carbocycles. The van der Waals surface area contributed by atoms with Crippen LogP contribution in [0.4, 0.5) is 5.69 Å². The number of nitrogens with one attached hydrogen (secondary N) is 2. The first-order chi connectivity index (χ1) is 8.69. The fourth-order valence-corrected chi connectivity index (χ4v) is 3.29. The van der Waals surface area contributed by atoms with Crippen LogP contribution in [0.3, 0.4) is 0 Å². The van der Waals surface area contributed by atoms with Crippen LogP contribution in [-0.4, -0.2) is 19.6 Å². The summed E-state index contributed by atoms with van der Waals surface area (Å²) in [6.45, 7) is 3.25. The van der Waals surface area contributed by atoms with Gasteiger partial charge in [0.15, 0.2) is 0 Å². The summed E-state index contributed by atoms with van der Waals surface area (Å²) in [4.78, 5) is 0. The molecule has 0 aromatic heterocycles. The fourth-order valence-electron chi connectivity index (χ4n) is 2.82. The maximum atomic E-state index is 3.61. The van der Waals surface area contributed by atoms with Crippen molar-refractivity contribution < 1.29 is 0 Å². The smallest absolute Gasteiger partial charge is 0.0370 e. The van der Waals surface area contributed by atoms with Crippen molar-refractivity contribution in [3.05, 3.63) is 28.2 Å². The summed E-state index contributed by atoms with van der Waals surface area (Å²) in [5.41, 5.74) is 2.58. The number of aryl methyl sites for hydroxylation is 1. The molecular formula is C15H23BrN2. The standard InChI is InChI=1S/C15H23BrN2/c1-11-8-13(16)6-7-15(11)18-10-12-4-3-5-14(9-12)17-2/h6-8,12,14,17-18H,3-5,9-10H2,1-2H3. The predicted octanol–water partition coefficient (Wildman–Crippen LogP) is 3.95. The van der Waals surface area contributed by atoms with E-state index in [2.05, 4.69) is 58.7 Å². The molecule has 1 aromatic carbocycles. The Bertz CT molecular complexity index is 392. The molecule has 1 aromatic rings. The summed E-state index contributed by atoms with van der Waals surface area (Å²) in [5.74, 6) is 0.805. The molecule has 2 N–H and O–H groups in total. The predicted molar refractivity (Wildman–Crippen MR) is 82.2 cm³/mol. The maximum Gasteiger partial charge on any atom is 0.0370 e. The quantitative estimate of drug-likeness (QED) is 0.880. The van der Waals surface area contributed by atoms with Crippen LogP contribution in [0.25, 0.3) is 0 Å². The number of anilines is 1. The van der Waals surface area contributed by atoms with Gasteiger partial charge in [0, 0.05) is 22.7 Å². The number of hydrogen-bond acceptors (Lipinski definition) is 2. The Morgan fingerprint density at radius 2 is 2.17 bits per heavy atom. The third-order valence-corrected chi connectivity index (χ3v) is 4.45. The molecule has 2 nitrogen and oxygen atoms in total. The fraction of sp³-hybridized carbons (Fsp3) is 0.600. The number of hydrogen-bond donors (Lipinski definition) is 2. The van der Waals surface area contributed by atoms with Gasteiger partial charge in [0.05, 0.1) is 0 Å². The first kappa shape index (κ1) is 13.9.